The van der Waals surface area contributed by atoms with Gasteiger partial charge in [0.25, 0.3) is 0 Å². The molecule has 1 rings (SSSR count). The van der Waals surface area contributed by atoms with Crippen molar-refractivity contribution in [2.75, 3.05) is 6.61 Å². The van der Waals surface area contributed by atoms with Gasteiger partial charge in [0.05, 0.1) is 0 Å². The van der Waals surface area contributed by atoms with Crippen LogP contribution >= 0.6 is 0 Å². The van der Waals surface area contributed by atoms with Crippen LogP contribution in [0.1, 0.15) is 26.2 Å². The predicted octanol–water partition coefficient (Wildman–Crippen LogP) is 2.49. The fourth-order valence-corrected chi connectivity index (χ4v) is 4.12. The van der Waals surface area contributed by atoms with E-state index >= 15 is 0 Å². The Morgan fingerprint density at radius 3 is 2.91 bits per heavy atom. The molecule has 1 aliphatic heterocycles. The molecule has 0 radical (unpaired) electrons. The first kappa shape index (κ1) is 9.01. The van der Waals surface area contributed by atoms with E-state index in [1.165, 1.54) is 36.9 Å². The second-order valence-corrected chi connectivity index (χ2v) is 6.22. The average molecular weight is 170 g/mol. The van der Waals surface area contributed by atoms with Crippen LogP contribution in [0.15, 0.2) is 12.2 Å². The summed E-state index contributed by atoms with van der Waals surface area (Å²) in [6, 6.07) is 2.71. The van der Waals surface area contributed by atoms with Crippen LogP contribution in [0.25, 0.3) is 0 Å². The van der Waals surface area contributed by atoms with Gasteiger partial charge >= 0.3 is 0 Å². The van der Waals surface area contributed by atoms with Crippen LogP contribution in [-0.4, -0.2) is 15.6 Å². The molecule has 0 bridgehead atoms. The van der Waals surface area contributed by atoms with Gasteiger partial charge < -0.3 is 4.43 Å². The van der Waals surface area contributed by atoms with E-state index < -0.39 is 9.04 Å². The summed E-state index contributed by atoms with van der Waals surface area (Å²) in [5.74, 6) is 0. The van der Waals surface area contributed by atoms with Crippen molar-refractivity contribution in [1.82, 2.24) is 0 Å². The lowest BCUT2D eigenvalue weighted by atomic mass is 10.3. The van der Waals surface area contributed by atoms with E-state index in [2.05, 4.69) is 13.5 Å². The molecule has 0 aromatic carbocycles. The van der Waals surface area contributed by atoms with E-state index in [0.29, 0.717) is 0 Å². The number of allylic oxidation sites excluding steroid dienone is 1. The van der Waals surface area contributed by atoms with Gasteiger partial charge in [-0.2, -0.15) is 0 Å². The molecule has 0 spiro atoms. The number of hydrogen-bond donors (Lipinski definition) is 0. The summed E-state index contributed by atoms with van der Waals surface area (Å²) in [6.07, 6.45) is 3.89. The summed E-state index contributed by atoms with van der Waals surface area (Å²) in [7, 11) is -0.743. The van der Waals surface area contributed by atoms with Gasteiger partial charge in [0.2, 0.25) is 0 Å². The topological polar surface area (TPSA) is 9.23 Å². The Hall–Kier alpha value is -0.0831. The minimum absolute atomic E-state index is 0.743. The summed E-state index contributed by atoms with van der Waals surface area (Å²) in [6.45, 7) is 7.05. The lowest BCUT2D eigenvalue weighted by Crippen LogP contribution is -2.22. The summed E-state index contributed by atoms with van der Waals surface area (Å²) in [5, 5.41) is 0. The Morgan fingerprint density at radius 1 is 1.55 bits per heavy atom. The van der Waals surface area contributed by atoms with Crippen LogP contribution in [0.2, 0.25) is 12.1 Å². The summed E-state index contributed by atoms with van der Waals surface area (Å²) in [4.78, 5) is 0. The first-order valence-electron chi connectivity index (χ1n) is 4.55. The zero-order valence-corrected chi connectivity index (χ0v) is 8.59. The van der Waals surface area contributed by atoms with Crippen molar-refractivity contribution >= 4 is 9.04 Å². The molecule has 1 aliphatic rings. The van der Waals surface area contributed by atoms with E-state index in [1.54, 1.807) is 0 Å². The van der Waals surface area contributed by atoms with E-state index in [4.69, 9.17) is 4.43 Å². The van der Waals surface area contributed by atoms with Crippen LogP contribution in [0.3, 0.4) is 0 Å². The Kier molecular flexibility index (Phi) is 3.87. The molecule has 0 aromatic heterocycles. The number of hydrogen-bond acceptors (Lipinski definition) is 1. The van der Waals surface area contributed by atoms with Crippen molar-refractivity contribution in [3.63, 3.8) is 0 Å². The highest BCUT2D eigenvalue weighted by atomic mass is 28.3. The maximum atomic E-state index is 5.73. The zero-order valence-electron chi connectivity index (χ0n) is 7.44. The van der Waals surface area contributed by atoms with Gasteiger partial charge in [0.15, 0.2) is 9.04 Å². The third kappa shape index (κ3) is 3.73. The van der Waals surface area contributed by atoms with Crippen molar-refractivity contribution in [1.29, 1.82) is 0 Å². The zero-order chi connectivity index (χ0) is 8.10. The average Bonchev–Trinajstić information content (AvgIpc) is 2.03. The Labute approximate surface area is 71.2 Å². The van der Waals surface area contributed by atoms with Crippen LogP contribution in [0, 0.1) is 0 Å². The summed E-state index contributed by atoms with van der Waals surface area (Å²) in [5.41, 5.74) is 1.31. The van der Waals surface area contributed by atoms with Gasteiger partial charge in [-0.3, -0.25) is 0 Å². The molecule has 1 atom stereocenters. The summed E-state index contributed by atoms with van der Waals surface area (Å²) < 4.78 is 5.73. The molecule has 0 N–H and O–H groups in total. The second kappa shape index (κ2) is 4.73. The monoisotopic (exact) mass is 170 g/mol. The van der Waals surface area contributed by atoms with Gasteiger partial charge in [-0.15, -0.1) is 6.58 Å². The molecule has 0 aromatic rings. The molecule has 2 heteroatoms. The molecule has 1 unspecified atom stereocenters. The van der Waals surface area contributed by atoms with Gasteiger partial charge in [0.1, 0.15) is 0 Å². The predicted molar refractivity (Wildman–Crippen MR) is 51.4 cm³/mol. The van der Waals surface area contributed by atoms with Gasteiger partial charge in [-0.1, -0.05) is 12.0 Å². The molecule has 0 aliphatic carbocycles. The highest BCUT2D eigenvalue weighted by Gasteiger charge is 2.14. The Balaban J connectivity index is 2.09. The normalized spacial score (nSPS) is 25.0. The fraction of sp³-hybridized carbons (Fsp3) is 0.778. The lowest BCUT2D eigenvalue weighted by molar-refractivity contribution is 0.286. The van der Waals surface area contributed by atoms with Crippen LogP contribution < -0.4 is 0 Å². The highest BCUT2D eigenvalue weighted by molar-refractivity contribution is 6.52. The lowest BCUT2D eigenvalue weighted by Gasteiger charge is -2.20. The second-order valence-electron chi connectivity index (χ2n) is 3.48. The molecule has 1 nitrogen and oxygen atoms in total. The van der Waals surface area contributed by atoms with Crippen LogP contribution in [0.4, 0.5) is 0 Å². The van der Waals surface area contributed by atoms with E-state index in [1.807, 2.05) is 0 Å². The van der Waals surface area contributed by atoms with E-state index in [0.717, 1.165) is 6.61 Å². The third-order valence-electron chi connectivity index (χ3n) is 2.17. The highest BCUT2D eigenvalue weighted by Crippen LogP contribution is 2.17. The third-order valence-corrected chi connectivity index (χ3v) is 4.86. The van der Waals surface area contributed by atoms with E-state index in [-0.39, 0.29) is 0 Å². The fourth-order valence-electron chi connectivity index (χ4n) is 1.44. The molecular weight excluding hydrogens is 152 g/mol. The minimum atomic E-state index is -0.743. The smallest absolute Gasteiger partial charge is 0.177 e. The number of rotatable bonds is 3. The largest absolute Gasteiger partial charge is 0.420 e. The first-order valence-corrected chi connectivity index (χ1v) is 6.65. The minimum Gasteiger partial charge on any atom is -0.420 e. The maximum Gasteiger partial charge on any atom is 0.177 e. The molecule has 0 amide bonds. The first-order chi connectivity index (χ1) is 5.29. The van der Waals surface area contributed by atoms with Crippen molar-refractivity contribution in [3.8, 4) is 0 Å². The molecule has 1 heterocycles. The quantitative estimate of drug-likeness (QED) is 0.467. The molecule has 11 heavy (non-hydrogen) atoms. The SMILES string of the molecule is C=C(C)CC[SiH]1CCCCO1. The maximum absolute atomic E-state index is 5.73. The van der Waals surface area contributed by atoms with Crippen LogP contribution in [0.5, 0.6) is 0 Å². The van der Waals surface area contributed by atoms with Crippen molar-refractivity contribution in [2.24, 2.45) is 0 Å². The Morgan fingerprint density at radius 2 is 2.36 bits per heavy atom. The van der Waals surface area contributed by atoms with Crippen LogP contribution in [-0.2, 0) is 4.43 Å². The van der Waals surface area contributed by atoms with Gasteiger partial charge in [0, 0.05) is 6.61 Å². The van der Waals surface area contributed by atoms with Crippen molar-refractivity contribution < 1.29 is 4.43 Å². The molecule has 0 saturated carbocycles. The van der Waals surface area contributed by atoms with Gasteiger partial charge in [-0.05, 0) is 31.9 Å². The van der Waals surface area contributed by atoms with Gasteiger partial charge in [-0.25, -0.2) is 0 Å². The van der Waals surface area contributed by atoms with Crippen molar-refractivity contribution in [2.45, 2.75) is 38.3 Å². The molecule has 1 saturated heterocycles. The van der Waals surface area contributed by atoms with E-state index in [9.17, 15) is 0 Å². The summed E-state index contributed by atoms with van der Waals surface area (Å²) >= 11 is 0. The Bertz CT molecular complexity index is 128. The van der Waals surface area contributed by atoms with Crippen molar-refractivity contribution in [3.05, 3.63) is 12.2 Å². The standard InChI is InChI=1S/C9H18OSi/c1-9(2)5-8-11-7-4-3-6-10-11/h11H,1,3-8H2,2H3. The molecule has 64 valence electrons. The molecule has 1 fully saturated rings. The molecular formula is C9H18OSi.